The Morgan fingerprint density at radius 1 is 1.23 bits per heavy atom. The molecule has 0 N–H and O–H groups in total. The molecule has 1 aromatic carbocycles. The summed E-state index contributed by atoms with van der Waals surface area (Å²) in [6.45, 7) is 3.29. The molecule has 6 rings (SSSR count). The number of benzene rings is 1. The number of likely N-dealkylation sites (tertiary alicyclic amines) is 1. The molecule has 3 aliphatic heterocycles. The van der Waals surface area contributed by atoms with E-state index in [-0.39, 0.29) is 24.5 Å². The molecular formula is C33H40F3N3O3S. The van der Waals surface area contributed by atoms with Crippen molar-refractivity contribution < 1.29 is 27.4 Å². The molecule has 2 saturated heterocycles. The lowest BCUT2D eigenvalue weighted by molar-refractivity contribution is -0.144. The number of ether oxygens (including phenoxy) is 2. The van der Waals surface area contributed by atoms with Gasteiger partial charge in [-0.05, 0) is 67.1 Å². The average Bonchev–Trinajstić information content (AvgIpc) is 3.54. The molecule has 2 aromatic rings. The fourth-order valence-electron chi connectivity index (χ4n) is 8.04. The number of nitrogens with zero attached hydrogens (tertiary/aromatic N) is 3. The number of rotatable bonds is 7. The van der Waals surface area contributed by atoms with Gasteiger partial charge in [-0.3, -0.25) is 9.78 Å². The Balaban J connectivity index is 1.21. The van der Waals surface area contributed by atoms with E-state index < -0.39 is 17.2 Å². The predicted molar refractivity (Wildman–Crippen MR) is 160 cm³/mol. The van der Waals surface area contributed by atoms with Crippen LogP contribution in [0.1, 0.15) is 54.5 Å². The maximum absolute atomic E-state index is 14.6. The van der Waals surface area contributed by atoms with Gasteiger partial charge < -0.3 is 19.3 Å². The minimum Gasteiger partial charge on any atom is -0.379 e. The van der Waals surface area contributed by atoms with Gasteiger partial charge in [-0.2, -0.15) is 13.2 Å². The van der Waals surface area contributed by atoms with Crippen LogP contribution in [0.15, 0.2) is 42.6 Å². The maximum Gasteiger partial charge on any atom is 0.417 e. The summed E-state index contributed by atoms with van der Waals surface area (Å²) in [5.74, 6) is 0.991. The molecule has 1 amide bonds. The molecule has 0 radical (unpaired) electrons. The van der Waals surface area contributed by atoms with Gasteiger partial charge in [-0.1, -0.05) is 42.5 Å². The second-order valence-corrected chi connectivity index (χ2v) is 13.3. The van der Waals surface area contributed by atoms with Crippen molar-refractivity contribution in [3.63, 3.8) is 0 Å². The molecule has 1 aromatic heterocycles. The smallest absolute Gasteiger partial charge is 0.379 e. The lowest BCUT2D eigenvalue weighted by Crippen LogP contribution is -2.49. The Hall–Kier alpha value is -2.56. The van der Waals surface area contributed by atoms with Gasteiger partial charge in [0.2, 0.25) is 5.91 Å². The Bertz CT molecular complexity index is 1330. The van der Waals surface area contributed by atoms with Crippen molar-refractivity contribution in [2.75, 3.05) is 40.0 Å². The molecule has 0 spiro atoms. The summed E-state index contributed by atoms with van der Waals surface area (Å²) >= 11 is 5.93. The molecule has 1 aliphatic carbocycles. The molecule has 3 fully saturated rings. The normalized spacial score (nSPS) is 28.9. The summed E-state index contributed by atoms with van der Waals surface area (Å²) in [5.41, 5.74) is 1.02. The third-order valence-corrected chi connectivity index (χ3v) is 10.7. The molecule has 232 valence electrons. The van der Waals surface area contributed by atoms with Gasteiger partial charge >= 0.3 is 6.18 Å². The number of amides is 1. The van der Waals surface area contributed by atoms with E-state index >= 15 is 0 Å². The van der Waals surface area contributed by atoms with Crippen molar-refractivity contribution in [2.45, 2.75) is 63.8 Å². The molecule has 6 nitrogen and oxygen atoms in total. The number of methoxy groups -OCH3 is 1. The number of pyridine rings is 1. The first-order valence-corrected chi connectivity index (χ1v) is 15.8. The lowest BCUT2D eigenvalue weighted by atomic mass is 9.78. The summed E-state index contributed by atoms with van der Waals surface area (Å²) in [6.07, 6.45) is 2.22. The number of hydrogen-bond acceptors (Lipinski definition) is 5. The zero-order valence-electron chi connectivity index (χ0n) is 24.7. The summed E-state index contributed by atoms with van der Waals surface area (Å²) in [7, 11) is 1.74. The lowest BCUT2D eigenvalue weighted by Gasteiger charge is -2.37. The van der Waals surface area contributed by atoms with E-state index in [0.29, 0.717) is 49.2 Å². The van der Waals surface area contributed by atoms with Gasteiger partial charge in [0.15, 0.2) is 0 Å². The number of alkyl halides is 3. The third kappa shape index (κ3) is 6.33. The molecule has 10 heteroatoms. The number of hydrogen-bond donors (Lipinski definition) is 0. The fraction of sp³-hybridized carbons (Fsp3) is 0.606. The van der Waals surface area contributed by atoms with E-state index in [0.717, 1.165) is 62.9 Å². The molecule has 2 unspecified atom stereocenters. The van der Waals surface area contributed by atoms with Crippen LogP contribution in [0.3, 0.4) is 0 Å². The van der Waals surface area contributed by atoms with Gasteiger partial charge in [0.05, 0.1) is 28.7 Å². The first kappa shape index (κ1) is 30.5. The van der Waals surface area contributed by atoms with E-state index in [1.807, 2.05) is 18.2 Å². The minimum absolute atomic E-state index is 0.0618. The molecule has 0 bridgehead atoms. The Labute approximate surface area is 256 Å². The third-order valence-electron chi connectivity index (χ3n) is 10.2. The molecule has 1 saturated carbocycles. The van der Waals surface area contributed by atoms with E-state index in [4.69, 9.17) is 21.7 Å². The zero-order chi connectivity index (χ0) is 30.2. The summed E-state index contributed by atoms with van der Waals surface area (Å²) in [4.78, 5) is 23.6. The van der Waals surface area contributed by atoms with E-state index in [2.05, 4.69) is 22.0 Å². The van der Waals surface area contributed by atoms with Crippen LogP contribution < -0.4 is 0 Å². The van der Waals surface area contributed by atoms with Crippen LogP contribution in [-0.2, 0) is 39.8 Å². The van der Waals surface area contributed by atoms with Crippen molar-refractivity contribution in [2.24, 2.45) is 23.2 Å². The van der Waals surface area contributed by atoms with Gasteiger partial charge in [0.25, 0.3) is 0 Å². The van der Waals surface area contributed by atoms with Crippen LogP contribution in [0.2, 0.25) is 0 Å². The number of carbonyl (C=O) groups is 1. The summed E-state index contributed by atoms with van der Waals surface area (Å²) in [6, 6.07) is 11.4. The number of aryl methyl sites for hydroxylation is 1. The summed E-state index contributed by atoms with van der Waals surface area (Å²) in [5, 5.41) is 0. The SMILES string of the molecule is COC1COCCC1C[C@@H]1C[C@H]2CN(C(=S)CCc3ccccc3)C[C@@]2(C(=O)N2CCc3ncc(C(F)(F)F)cc3C2)C1. The van der Waals surface area contributed by atoms with E-state index in [9.17, 15) is 18.0 Å². The molecular weight excluding hydrogens is 575 g/mol. The zero-order valence-corrected chi connectivity index (χ0v) is 25.5. The Morgan fingerprint density at radius 3 is 2.81 bits per heavy atom. The molecule has 4 aliphatic rings. The largest absolute Gasteiger partial charge is 0.417 e. The van der Waals surface area contributed by atoms with Crippen LogP contribution >= 0.6 is 12.2 Å². The average molecular weight is 616 g/mol. The fourth-order valence-corrected chi connectivity index (χ4v) is 8.29. The molecule has 4 heterocycles. The highest BCUT2D eigenvalue weighted by atomic mass is 32.1. The van der Waals surface area contributed by atoms with Crippen molar-refractivity contribution in [1.82, 2.24) is 14.8 Å². The highest BCUT2D eigenvalue weighted by Crippen LogP contribution is 2.55. The van der Waals surface area contributed by atoms with Crippen molar-refractivity contribution in [3.05, 3.63) is 65.0 Å². The maximum atomic E-state index is 14.6. The first-order chi connectivity index (χ1) is 20.7. The van der Waals surface area contributed by atoms with Crippen molar-refractivity contribution in [3.8, 4) is 0 Å². The van der Waals surface area contributed by atoms with Gasteiger partial charge in [0.1, 0.15) is 0 Å². The number of carbonyl (C=O) groups excluding carboxylic acids is 1. The number of thiocarbonyl (C=S) groups is 1. The monoisotopic (exact) mass is 615 g/mol. The Morgan fingerprint density at radius 2 is 2.05 bits per heavy atom. The van der Waals surface area contributed by atoms with Crippen LogP contribution in [-0.4, -0.2) is 71.7 Å². The number of halogens is 3. The van der Waals surface area contributed by atoms with Gasteiger partial charge in [-0.25, -0.2) is 0 Å². The van der Waals surface area contributed by atoms with E-state index in [1.54, 1.807) is 12.0 Å². The molecule has 43 heavy (non-hydrogen) atoms. The van der Waals surface area contributed by atoms with Crippen molar-refractivity contribution >= 4 is 23.1 Å². The quantitative estimate of drug-likeness (QED) is 0.372. The van der Waals surface area contributed by atoms with Gasteiger partial charge in [-0.15, -0.1) is 0 Å². The van der Waals surface area contributed by atoms with Crippen LogP contribution in [0.25, 0.3) is 0 Å². The highest BCUT2D eigenvalue weighted by molar-refractivity contribution is 7.80. The summed E-state index contributed by atoms with van der Waals surface area (Å²) < 4.78 is 51.8. The topological polar surface area (TPSA) is 54.9 Å². The molecule has 5 atom stereocenters. The standard InChI is InChI=1S/C33H40F3N3O3S/c1-41-29-20-42-12-10-24(29)13-23-14-27-19-39(30(43)8-7-22-5-3-2-4-6-22)21-32(27,16-23)31(40)38-11-9-28-25(18-38)15-26(17-37-28)33(34,35)36/h2-6,15,17,23-24,27,29H,7-14,16,18-21H2,1H3/t23-,24?,27+,29?,32+/m1/s1. The van der Waals surface area contributed by atoms with E-state index in [1.165, 1.54) is 11.6 Å². The highest BCUT2D eigenvalue weighted by Gasteiger charge is 2.59. The predicted octanol–water partition coefficient (Wildman–Crippen LogP) is 5.72. The van der Waals surface area contributed by atoms with Crippen LogP contribution in [0.4, 0.5) is 13.2 Å². The van der Waals surface area contributed by atoms with Gasteiger partial charge in [0, 0.05) is 64.6 Å². The second kappa shape index (κ2) is 12.4. The number of aromatic nitrogens is 1. The van der Waals surface area contributed by atoms with Crippen LogP contribution in [0.5, 0.6) is 0 Å². The Kier molecular flexibility index (Phi) is 8.82. The first-order valence-electron chi connectivity index (χ1n) is 15.4. The second-order valence-electron chi connectivity index (χ2n) is 12.9. The van der Waals surface area contributed by atoms with Crippen molar-refractivity contribution in [1.29, 1.82) is 0 Å². The number of fused-ring (bicyclic) bond motifs is 2. The minimum atomic E-state index is -4.47. The van der Waals surface area contributed by atoms with Crippen LogP contribution in [0, 0.1) is 23.2 Å².